The summed E-state index contributed by atoms with van der Waals surface area (Å²) in [7, 11) is 3.55. The molecule has 0 fully saturated rings. The number of likely N-dealkylation sites (N-methyl/N-ethyl adjacent to an activating group) is 2. The molecule has 0 saturated carbocycles. The van der Waals surface area contributed by atoms with Gasteiger partial charge < -0.3 is 15.5 Å². The van der Waals surface area contributed by atoms with E-state index < -0.39 is 17.0 Å². The van der Waals surface area contributed by atoms with Crippen LogP contribution in [0.5, 0.6) is 0 Å². The van der Waals surface area contributed by atoms with Crippen LogP contribution in [0.25, 0.3) is 0 Å². The van der Waals surface area contributed by atoms with E-state index in [-0.39, 0.29) is 0 Å². The van der Waals surface area contributed by atoms with E-state index in [9.17, 15) is 10.2 Å². The first-order valence-corrected chi connectivity index (χ1v) is 8.16. The Kier molecular flexibility index (Phi) is 5.16. The standard InChI is InChI=1S/C20H28N2O2/c1-18(2,23)22(5)20(24,17-14-10-7-11-15-17)19(3,21-4)16-12-8-6-9-13-16/h6-15,21,23-24H,1-5H3/t19-,20-/m1/s1. The van der Waals surface area contributed by atoms with Crippen molar-refractivity contribution in [3.8, 4) is 0 Å². The van der Waals surface area contributed by atoms with Crippen molar-refractivity contribution < 1.29 is 10.2 Å². The Hall–Kier alpha value is -1.72. The van der Waals surface area contributed by atoms with E-state index in [0.29, 0.717) is 5.56 Å². The summed E-state index contributed by atoms with van der Waals surface area (Å²) in [6.07, 6.45) is 0. The van der Waals surface area contributed by atoms with Gasteiger partial charge in [0.2, 0.25) is 0 Å². The molecule has 3 N–H and O–H groups in total. The molecular weight excluding hydrogens is 300 g/mol. The van der Waals surface area contributed by atoms with Crippen molar-refractivity contribution in [1.82, 2.24) is 10.2 Å². The Morgan fingerprint density at radius 3 is 1.58 bits per heavy atom. The van der Waals surface area contributed by atoms with Crippen LogP contribution in [0.1, 0.15) is 31.9 Å². The minimum Gasteiger partial charge on any atom is -0.376 e. The number of rotatable bonds is 6. The zero-order valence-electron chi connectivity index (χ0n) is 15.1. The van der Waals surface area contributed by atoms with Crippen molar-refractivity contribution >= 4 is 0 Å². The van der Waals surface area contributed by atoms with Gasteiger partial charge in [-0.25, -0.2) is 4.90 Å². The molecule has 2 aromatic rings. The van der Waals surface area contributed by atoms with Gasteiger partial charge in [-0.2, -0.15) is 0 Å². The molecule has 0 radical (unpaired) electrons. The fourth-order valence-electron chi connectivity index (χ4n) is 3.18. The van der Waals surface area contributed by atoms with Gasteiger partial charge >= 0.3 is 0 Å². The average Bonchev–Trinajstić information content (AvgIpc) is 2.60. The van der Waals surface area contributed by atoms with Crippen molar-refractivity contribution in [3.63, 3.8) is 0 Å². The molecule has 0 bridgehead atoms. The Bertz CT molecular complexity index is 654. The van der Waals surface area contributed by atoms with Gasteiger partial charge in [0, 0.05) is 5.56 Å². The fraction of sp³-hybridized carbons (Fsp3) is 0.400. The Balaban J connectivity index is 2.74. The zero-order valence-corrected chi connectivity index (χ0v) is 15.1. The Morgan fingerprint density at radius 1 is 0.792 bits per heavy atom. The molecule has 2 atom stereocenters. The summed E-state index contributed by atoms with van der Waals surface area (Å²) >= 11 is 0. The van der Waals surface area contributed by atoms with Crippen LogP contribution in [0.15, 0.2) is 60.7 Å². The average molecular weight is 328 g/mol. The largest absolute Gasteiger partial charge is 0.376 e. The third kappa shape index (κ3) is 2.98. The van der Waals surface area contributed by atoms with Crippen LogP contribution in [0.2, 0.25) is 0 Å². The van der Waals surface area contributed by atoms with Gasteiger partial charge in [-0.1, -0.05) is 60.7 Å². The van der Waals surface area contributed by atoms with Crippen LogP contribution in [0, 0.1) is 0 Å². The van der Waals surface area contributed by atoms with E-state index in [1.807, 2.05) is 74.6 Å². The quantitative estimate of drug-likeness (QED) is 0.714. The van der Waals surface area contributed by atoms with Gasteiger partial charge in [-0.05, 0) is 40.4 Å². The summed E-state index contributed by atoms with van der Waals surface area (Å²) in [6.45, 7) is 5.28. The molecule has 0 saturated heterocycles. The van der Waals surface area contributed by atoms with E-state index >= 15 is 0 Å². The highest BCUT2D eigenvalue weighted by Gasteiger charge is 2.54. The molecular formula is C20H28N2O2. The van der Waals surface area contributed by atoms with E-state index in [0.717, 1.165) is 5.56 Å². The minimum atomic E-state index is -1.48. The van der Waals surface area contributed by atoms with Gasteiger partial charge in [0.05, 0.1) is 5.54 Å². The number of nitrogens with one attached hydrogen (secondary N) is 1. The predicted octanol–water partition coefficient (Wildman–Crippen LogP) is 2.63. The molecule has 4 heteroatoms. The molecule has 0 heterocycles. The van der Waals surface area contributed by atoms with Gasteiger partial charge in [0.1, 0.15) is 5.72 Å². The molecule has 0 aliphatic heterocycles. The van der Waals surface area contributed by atoms with Crippen molar-refractivity contribution in [3.05, 3.63) is 71.8 Å². The van der Waals surface area contributed by atoms with E-state index in [1.165, 1.54) is 0 Å². The number of aliphatic hydroxyl groups is 2. The maximum absolute atomic E-state index is 12.0. The van der Waals surface area contributed by atoms with E-state index in [1.54, 1.807) is 25.8 Å². The predicted molar refractivity (Wildman–Crippen MR) is 97.3 cm³/mol. The Labute approximate surface area is 144 Å². The molecule has 0 unspecified atom stereocenters. The van der Waals surface area contributed by atoms with Crippen molar-refractivity contribution in [2.45, 2.75) is 37.8 Å². The molecule has 4 nitrogen and oxygen atoms in total. The molecule has 130 valence electrons. The normalized spacial score (nSPS) is 17.3. The van der Waals surface area contributed by atoms with Crippen molar-refractivity contribution in [2.75, 3.05) is 14.1 Å². The summed E-state index contributed by atoms with van der Waals surface area (Å²) in [6, 6.07) is 19.2. The number of hydrogen-bond donors (Lipinski definition) is 3. The molecule has 24 heavy (non-hydrogen) atoms. The molecule has 0 aromatic heterocycles. The summed E-state index contributed by atoms with van der Waals surface area (Å²) in [5.74, 6) is 0. The van der Waals surface area contributed by atoms with Crippen LogP contribution in [0.3, 0.4) is 0 Å². The first kappa shape index (κ1) is 18.6. The number of benzene rings is 2. The lowest BCUT2D eigenvalue weighted by atomic mass is 9.76. The van der Waals surface area contributed by atoms with Gasteiger partial charge in [-0.3, -0.25) is 0 Å². The first-order valence-electron chi connectivity index (χ1n) is 8.16. The lowest BCUT2D eigenvalue weighted by molar-refractivity contribution is -0.247. The highest BCUT2D eigenvalue weighted by atomic mass is 16.3. The van der Waals surface area contributed by atoms with Crippen molar-refractivity contribution in [1.29, 1.82) is 0 Å². The Morgan fingerprint density at radius 2 is 1.21 bits per heavy atom. The fourth-order valence-corrected chi connectivity index (χ4v) is 3.18. The second kappa shape index (κ2) is 6.65. The lowest BCUT2D eigenvalue weighted by Crippen LogP contribution is -2.67. The molecule has 0 aliphatic rings. The van der Waals surface area contributed by atoms with Crippen molar-refractivity contribution in [2.24, 2.45) is 0 Å². The molecule has 2 aromatic carbocycles. The molecule has 0 amide bonds. The lowest BCUT2D eigenvalue weighted by Gasteiger charge is -2.53. The SMILES string of the molecule is CN[C@](C)(c1ccccc1)[C@](O)(c1ccccc1)N(C)C(C)(C)O. The summed E-state index contributed by atoms with van der Waals surface area (Å²) in [5.41, 5.74) is -1.94. The smallest absolute Gasteiger partial charge is 0.168 e. The topological polar surface area (TPSA) is 55.7 Å². The zero-order chi connectivity index (χ0) is 18.0. The molecule has 2 rings (SSSR count). The summed E-state index contributed by atoms with van der Waals surface area (Å²) in [4.78, 5) is 1.60. The molecule has 0 aliphatic carbocycles. The van der Waals surface area contributed by atoms with E-state index in [4.69, 9.17) is 0 Å². The third-order valence-electron chi connectivity index (χ3n) is 5.03. The third-order valence-corrected chi connectivity index (χ3v) is 5.03. The van der Waals surface area contributed by atoms with Gasteiger partial charge in [0.25, 0.3) is 0 Å². The maximum Gasteiger partial charge on any atom is 0.168 e. The van der Waals surface area contributed by atoms with Crippen LogP contribution in [0.4, 0.5) is 0 Å². The minimum absolute atomic E-state index is 0.704. The highest BCUT2D eigenvalue weighted by Crippen LogP contribution is 2.44. The van der Waals surface area contributed by atoms with Crippen LogP contribution >= 0.6 is 0 Å². The van der Waals surface area contributed by atoms with Crippen LogP contribution in [-0.2, 0) is 11.3 Å². The van der Waals surface area contributed by atoms with Crippen LogP contribution in [-0.4, -0.2) is 34.9 Å². The second-order valence-electron chi connectivity index (χ2n) is 6.83. The number of nitrogens with zero attached hydrogens (tertiary/aromatic N) is 1. The second-order valence-corrected chi connectivity index (χ2v) is 6.83. The summed E-state index contributed by atoms with van der Waals surface area (Å²) < 4.78 is 0. The first-order chi connectivity index (χ1) is 11.2. The monoisotopic (exact) mass is 328 g/mol. The maximum atomic E-state index is 12.0. The van der Waals surface area contributed by atoms with Gasteiger partial charge in [0.15, 0.2) is 5.72 Å². The number of hydrogen-bond acceptors (Lipinski definition) is 4. The van der Waals surface area contributed by atoms with Crippen LogP contribution < -0.4 is 5.32 Å². The van der Waals surface area contributed by atoms with Gasteiger partial charge in [-0.15, -0.1) is 0 Å². The van der Waals surface area contributed by atoms with E-state index in [2.05, 4.69) is 5.32 Å². The summed E-state index contributed by atoms with van der Waals surface area (Å²) in [5, 5.41) is 25.9. The highest BCUT2D eigenvalue weighted by molar-refractivity contribution is 5.35. The molecule has 0 spiro atoms.